The van der Waals surface area contributed by atoms with E-state index in [9.17, 15) is 9.59 Å². The van der Waals surface area contributed by atoms with Crippen molar-refractivity contribution in [3.05, 3.63) is 5.38 Å². The molecule has 1 aromatic rings. The molecule has 2 amide bonds. The van der Waals surface area contributed by atoms with E-state index in [0.29, 0.717) is 0 Å². The van der Waals surface area contributed by atoms with Gasteiger partial charge in [0.05, 0.1) is 5.59 Å². The molecule has 20 heavy (non-hydrogen) atoms. The SMILES string of the molecule is CC(C)(C)OC(=O)NCC(=O)Nc1nc(B(O)O)cs1. The van der Waals surface area contributed by atoms with Crippen LogP contribution in [0.1, 0.15) is 20.8 Å². The van der Waals surface area contributed by atoms with Crippen LogP contribution in [0.4, 0.5) is 9.93 Å². The molecule has 0 aromatic carbocycles. The molecule has 1 aromatic heterocycles. The van der Waals surface area contributed by atoms with Crippen molar-refractivity contribution in [3.63, 3.8) is 0 Å². The zero-order valence-electron chi connectivity index (χ0n) is 11.3. The molecule has 0 spiro atoms. The molecule has 8 nitrogen and oxygen atoms in total. The van der Waals surface area contributed by atoms with Crippen LogP contribution in [0.5, 0.6) is 0 Å². The average Bonchev–Trinajstić information content (AvgIpc) is 2.72. The van der Waals surface area contributed by atoms with Crippen LogP contribution in [0.15, 0.2) is 5.38 Å². The summed E-state index contributed by atoms with van der Waals surface area (Å²) >= 11 is 1.04. The van der Waals surface area contributed by atoms with Crippen molar-refractivity contribution in [2.24, 2.45) is 0 Å². The number of carbonyl (C=O) groups excluding carboxylic acids is 2. The van der Waals surface area contributed by atoms with Crippen LogP contribution >= 0.6 is 11.3 Å². The summed E-state index contributed by atoms with van der Waals surface area (Å²) in [5.74, 6) is -0.496. The Morgan fingerprint density at radius 3 is 2.60 bits per heavy atom. The molecule has 0 aliphatic heterocycles. The quantitative estimate of drug-likeness (QED) is 0.545. The molecule has 0 saturated carbocycles. The minimum Gasteiger partial charge on any atom is -0.444 e. The van der Waals surface area contributed by atoms with E-state index in [0.717, 1.165) is 11.3 Å². The Balaban J connectivity index is 2.38. The fraction of sp³-hybridized carbons (Fsp3) is 0.500. The highest BCUT2D eigenvalue weighted by Gasteiger charge is 2.18. The molecule has 0 aliphatic carbocycles. The third kappa shape index (κ3) is 6.00. The first-order chi connectivity index (χ1) is 9.17. The first-order valence-electron chi connectivity index (χ1n) is 5.75. The average molecular weight is 301 g/mol. The van der Waals surface area contributed by atoms with E-state index in [4.69, 9.17) is 14.8 Å². The highest BCUT2D eigenvalue weighted by atomic mass is 32.1. The van der Waals surface area contributed by atoms with E-state index in [2.05, 4.69) is 15.6 Å². The van der Waals surface area contributed by atoms with Crippen molar-refractivity contribution in [1.82, 2.24) is 10.3 Å². The summed E-state index contributed by atoms with van der Waals surface area (Å²) in [5, 5.41) is 24.1. The second-order valence-corrected chi connectivity index (χ2v) is 5.71. The van der Waals surface area contributed by atoms with Gasteiger partial charge < -0.3 is 25.4 Å². The third-order valence-corrected chi connectivity index (χ3v) is 2.60. The number of hydrogen-bond donors (Lipinski definition) is 4. The molecule has 110 valence electrons. The molecule has 0 fully saturated rings. The van der Waals surface area contributed by atoms with E-state index in [1.165, 1.54) is 5.38 Å². The molecule has 10 heteroatoms. The maximum absolute atomic E-state index is 11.5. The molecule has 0 aliphatic rings. The first kappa shape index (κ1) is 16.4. The van der Waals surface area contributed by atoms with Crippen LogP contribution in [0.25, 0.3) is 0 Å². The van der Waals surface area contributed by atoms with Gasteiger partial charge in [-0.25, -0.2) is 9.78 Å². The van der Waals surface area contributed by atoms with Gasteiger partial charge in [-0.2, -0.15) is 0 Å². The van der Waals surface area contributed by atoms with E-state index >= 15 is 0 Å². The predicted molar refractivity (Wildman–Crippen MR) is 74.8 cm³/mol. The zero-order chi connectivity index (χ0) is 15.3. The van der Waals surface area contributed by atoms with Crippen LogP contribution in [-0.4, -0.2) is 46.3 Å². The van der Waals surface area contributed by atoms with Crippen molar-refractivity contribution in [2.75, 3.05) is 11.9 Å². The number of rotatable bonds is 4. The van der Waals surface area contributed by atoms with Crippen molar-refractivity contribution >= 4 is 41.2 Å². The minimum absolute atomic E-state index is 0.0467. The molecular formula is C10H16BN3O5S. The molecule has 0 unspecified atom stereocenters. The van der Waals surface area contributed by atoms with Gasteiger partial charge in [0.15, 0.2) is 5.13 Å². The summed E-state index contributed by atoms with van der Waals surface area (Å²) in [6, 6.07) is 0. The van der Waals surface area contributed by atoms with Crippen molar-refractivity contribution in [2.45, 2.75) is 26.4 Å². The zero-order valence-corrected chi connectivity index (χ0v) is 12.2. The molecule has 0 saturated heterocycles. The number of ether oxygens (including phenoxy) is 1. The number of nitrogens with one attached hydrogen (secondary N) is 2. The second-order valence-electron chi connectivity index (χ2n) is 4.85. The van der Waals surface area contributed by atoms with Crippen LogP contribution in [-0.2, 0) is 9.53 Å². The van der Waals surface area contributed by atoms with E-state index in [1.807, 2.05) is 0 Å². The predicted octanol–water partition coefficient (Wildman–Crippen LogP) is -0.714. The van der Waals surface area contributed by atoms with Crippen LogP contribution in [0.3, 0.4) is 0 Å². The number of amides is 2. The van der Waals surface area contributed by atoms with Crippen LogP contribution in [0.2, 0.25) is 0 Å². The van der Waals surface area contributed by atoms with Gasteiger partial charge in [-0.3, -0.25) is 4.79 Å². The first-order valence-corrected chi connectivity index (χ1v) is 6.63. The Labute approximate surface area is 120 Å². The van der Waals surface area contributed by atoms with E-state index in [1.54, 1.807) is 20.8 Å². The number of thiazole rings is 1. The lowest BCUT2D eigenvalue weighted by molar-refractivity contribution is -0.115. The standard InChI is InChI=1S/C10H16BN3O5S/c1-10(2,3)19-9(16)12-4-7(15)14-8-13-6(5-20-8)11(17)18/h5,17-18H,4H2,1-3H3,(H,12,16)(H,13,14,15). The maximum Gasteiger partial charge on any atom is 0.509 e. The number of alkyl carbamates (subject to hydrolysis) is 1. The Morgan fingerprint density at radius 2 is 2.10 bits per heavy atom. The topological polar surface area (TPSA) is 121 Å². The Hall–Kier alpha value is -1.65. The number of hydrogen-bond acceptors (Lipinski definition) is 7. The smallest absolute Gasteiger partial charge is 0.444 e. The summed E-state index contributed by atoms with van der Waals surface area (Å²) in [5.41, 5.74) is -0.590. The largest absolute Gasteiger partial charge is 0.509 e. The van der Waals surface area contributed by atoms with Crippen LogP contribution in [0, 0.1) is 0 Å². The number of anilines is 1. The Kier molecular flexibility index (Phi) is 5.48. The summed E-state index contributed by atoms with van der Waals surface area (Å²) in [6.07, 6.45) is -0.696. The van der Waals surface area contributed by atoms with Gasteiger partial charge in [0.25, 0.3) is 0 Å². The lowest BCUT2D eigenvalue weighted by Gasteiger charge is -2.19. The highest BCUT2D eigenvalue weighted by molar-refractivity contribution is 7.14. The van der Waals surface area contributed by atoms with Crippen molar-refractivity contribution in [1.29, 1.82) is 0 Å². The van der Waals surface area contributed by atoms with Crippen molar-refractivity contribution in [3.8, 4) is 0 Å². The molecule has 1 rings (SSSR count). The highest BCUT2D eigenvalue weighted by Crippen LogP contribution is 2.09. The van der Waals surface area contributed by atoms with Gasteiger partial charge in [0.2, 0.25) is 5.91 Å². The summed E-state index contributed by atoms with van der Waals surface area (Å²) in [4.78, 5) is 26.6. The number of aromatic nitrogens is 1. The molecule has 4 N–H and O–H groups in total. The second kappa shape index (κ2) is 6.68. The minimum atomic E-state index is -1.68. The Morgan fingerprint density at radius 1 is 1.45 bits per heavy atom. The van der Waals surface area contributed by atoms with Gasteiger partial charge in [-0.05, 0) is 20.8 Å². The third-order valence-electron chi connectivity index (χ3n) is 1.83. The van der Waals surface area contributed by atoms with Gasteiger partial charge in [0.1, 0.15) is 12.1 Å². The van der Waals surface area contributed by atoms with E-state index < -0.39 is 24.7 Å². The normalized spacial score (nSPS) is 10.8. The lowest BCUT2D eigenvalue weighted by Crippen LogP contribution is -2.37. The number of nitrogens with zero attached hydrogens (tertiary/aromatic N) is 1. The monoisotopic (exact) mass is 301 g/mol. The summed E-state index contributed by atoms with van der Waals surface area (Å²) in [7, 11) is -1.68. The van der Waals surface area contributed by atoms with Crippen molar-refractivity contribution < 1.29 is 24.4 Å². The number of carbonyl (C=O) groups is 2. The van der Waals surface area contributed by atoms with E-state index in [-0.39, 0.29) is 17.3 Å². The van der Waals surface area contributed by atoms with Gasteiger partial charge >= 0.3 is 13.2 Å². The molecular weight excluding hydrogens is 285 g/mol. The van der Waals surface area contributed by atoms with Gasteiger partial charge in [-0.1, -0.05) is 0 Å². The fourth-order valence-corrected chi connectivity index (χ4v) is 1.83. The molecule has 0 atom stereocenters. The molecule has 1 heterocycles. The lowest BCUT2D eigenvalue weighted by atomic mass is 9.88. The van der Waals surface area contributed by atoms with Crippen LogP contribution < -0.4 is 16.2 Å². The maximum atomic E-state index is 11.5. The Bertz CT molecular complexity index is 485. The fourth-order valence-electron chi connectivity index (χ4n) is 1.09. The van der Waals surface area contributed by atoms with Gasteiger partial charge in [0, 0.05) is 5.38 Å². The molecule has 0 bridgehead atoms. The molecule has 0 radical (unpaired) electrons. The summed E-state index contributed by atoms with van der Waals surface area (Å²) in [6.45, 7) is 4.86. The van der Waals surface area contributed by atoms with Gasteiger partial charge in [-0.15, -0.1) is 11.3 Å². The summed E-state index contributed by atoms with van der Waals surface area (Å²) < 4.78 is 4.96.